The van der Waals surface area contributed by atoms with E-state index in [0.29, 0.717) is 5.02 Å². The second-order valence-corrected chi connectivity index (χ2v) is 5.23. The maximum atomic E-state index is 11.7. The molecule has 4 heteroatoms. The molecule has 0 saturated heterocycles. The van der Waals surface area contributed by atoms with Crippen LogP contribution >= 0.6 is 27.5 Å². The Hall–Kier alpha value is -1.58. The summed E-state index contributed by atoms with van der Waals surface area (Å²) in [5, 5.41) is 3.46. The molecule has 0 spiro atoms. The number of amides is 1. The Morgan fingerprint density at radius 3 is 2.32 bits per heavy atom. The summed E-state index contributed by atoms with van der Waals surface area (Å²) >= 11 is 9.13. The number of anilines is 1. The molecule has 0 unspecified atom stereocenters. The van der Waals surface area contributed by atoms with E-state index in [1.165, 1.54) is 6.08 Å². The van der Waals surface area contributed by atoms with Crippen LogP contribution in [0.1, 0.15) is 5.56 Å². The number of carbonyl (C=O) groups is 1. The minimum absolute atomic E-state index is 0.169. The van der Waals surface area contributed by atoms with Gasteiger partial charge in [-0.05, 0) is 48.0 Å². The zero-order valence-electron chi connectivity index (χ0n) is 9.94. The normalized spacial score (nSPS) is 10.6. The average Bonchev–Trinajstić information content (AvgIpc) is 2.41. The molecule has 0 aromatic heterocycles. The molecule has 0 heterocycles. The molecule has 1 N–H and O–H groups in total. The monoisotopic (exact) mass is 335 g/mol. The van der Waals surface area contributed by atoms with Crippen LogP contribution < -0.4 is 5.32 Å². The van der Waals surface area contributed by atoms with Gasteiger partial charge in [-0.25, -0.2) is 0 Å². The van der Waals surface area contributed by atoms with E-state index in [-0.39, 0.29) is 5.91 Å². The molecule has 2 aromatic rings. The van der Waals surface area contributed by atoms with Crippen molar-refractivity contribution in [2.75, 3.05) is 5.32 Å². The lowest BCUT2D eigenvalue weighted by Gasteiger charge is -2.01. The Morgan fingerprint density at radius 1 is 1.05 bits per heavy atom. The third-order valence-corrected chi connectivity index (χ3v) is 3.19. The van der Waals surface area contributed by atoms with Gasteiger partial charge >= 0.3 is 0 Å². The van der Waals surface area contributed by atoms with Gasteiger partial charge in [-0.15, -0.1) is 0 Å². The third-order valence-electron chi connectivity index (χ3n) is 2.41. The minimum atomic E-state index is -0.169. The van der Waals surface area contributed by atoms with Gasteiger partial charge in [0.05, 0.1) is 0 Å². The lowest BCUT2D eigenvalue weighted by atomic mass is 10.2. The van der Waals surface area contributed by atoms with Gasteiger partial charge < -0.3 is 5.32 Å². The Kier molecular flexibility index (Phi) is 4.77. The van der Waals surface area contributed by atoms with Gasteiger partial charge in [0.1, 0.15) is 0 Å². The highest BCUT2D eigenvalue weighted by molar-refractivity contribution is 9.10. The van der Waals surface area contributed by atoms with Gasteiger partial charge in [-0.1, -0.05) is 39.7 Å². The van der Waals surface area contributed by atoms with Crippen LogP contribution in [0, 0.1) is 0 Å². The van der Waals surface area contributed by atoms with Crippen LogP contribution in [0.5, 0.6) is 0 Å². The first-order chi connectivity index (χ1) is 9.13. The van der Waals surface area contributed by atoms with Gasteiger partial charge in [0, 0.05) is 21.3 Å². The summed E-state index contributed by atoms with van der Waals surface area (Å²) in [4.78, 5) is 11.7. The predicted octanol–water partition coefficient (Wildman–Crippen LogP) is 4.75. The fraction of sp³-hybridized carbons (Fsp3) is 0. The molecule has 0 bridgehead atoms. The van der Waals surface area contributed by atoms with Crippen LogP contribution in [0.15, 0.2) is 59.1 Å². The molecule has 0 aliphatic carbocycles. The third kappa shape index (κ3) is 4.54. The molecule has 2 nitrogen and oxygen atoms in total. The van der Waals surface area contributed by atoms with Crippen LogP contribution in [-0.2, 0) is 4.79 Å². The van der Waals surface area contributed by atoms with Crippen molar-refractivity contribution in [3.63, 3.8) is 0 Å². The lowest BCUT2D eigenvalue weighted by Crippen LogP contribution is -2.07. The highest BCUT2D eigenvalue weighted by Crippen LogP contribution is 2.14. The van der Waals surface area contributed by atoms with Crippen molar-refractivity contribution in [1.29, 1.82) is 0 Å². The minimum Gasteiger partial charge on any atom is -0.323 e. The number of hydrogen-bond donors (Lipinski definition) is 1. The van der Waals surface area contributed by atoms with E-state index in [4.69, 9.17) is 11.6 Å². The summed E-state index contributed by atoms with van der Waals surface area (Å²) in [5.74, 6) is -0.169. The number of halogens is 2. The largest absolute Gasteiger partial charge is 0.323 e. The highest BCUT2D eigenvalue weighted by atomic mass is 79.9. The van der Waals surface area contributed by atoms with E-state index in [1.807, 2.05) is 36.4 Å². The van der Waals surface area contributed by atoms with Crippen LogP contribution in [0.4, 0.5) is 5.69 Å². The number of benzene rings is 2. The van der Waals surface area contributed by atoms with E-state index in [1.54, 1.807) is 18.2 Å². The summed E-state index contributed by atoms with van der Waals surface area (Å²) in [6.45, 7) is 0. The van der Waals surface area contributed by atoms with Gasteiger partial charge in [-0.3, -0.25) is 4.79 Å². The molecule has 1 amide bonds. The van der Waals surface area contributed by atoms with Gasteiger partial charge in [0.25, 0.3) is 0 Å². The molecule has 0 radical (unpaired) electrons. The molecular weight excluding hydrogens is 326 g/mol. The van der Waals surface area contributed by atoms with Crippen molar-refractivity contribution in [3.05, 3.63) is 69.7 Å². The maximum absolute atomic E-state index is 11.7. The van der Waals surface area contributed by atoms with Crippen LogP contribution in [0.25, 0.3) is 6.08 Å². The Labute approximate surface area is 125 Å². The first-order valence-corrected chi connectivity index (χ1v) is 6.81. The van der Waals surface area contributed by atoms with E-state index in [9.17, 15) is 4.79 Å². The molecular formula is C15H11BrClNO. The summed E-state index contributed by atoms with van der Waals surface area (Å²) in [6, 6.07) is 14.7. The van der Waals surface area contributed by atoms with E-state index < -0.39 is 0 Å². The van der Waals surface area contributed by atoms with E-state index in [2.05, 4.69) is 21.2 Å². The average molecular weight is 337 g/mol. The molecule has 0 fully saturated rings. The predicted molar refractivity (Wildman–Crippen MR) is 83.3 cm³/mol. The topological polar surface area (TPSA) is 29.1 Å². The molecule has 2 aromatic carbocycles. The first kappa shape index (κ1) is 13.8. The molecule has 0 saturated carbocycles. The Balaban J connectivity index is 1.97. The fourth-order valence-electron chi connectivity index (χ4n) is 1.46. The fourth-order valence-corrected chi connectivity index (χ4v) is 1.85. The molecule has 19 heavy (non-hydrogen) atoms. The summed E-state index contributed by atoms with van der Waals surface area (Å²) < 4.78 is 0.974. The number of rotatable bonds is 3. The van der Waals surface area contributed by atoms with E-state index in [0.717, 1.165) is 15.7 Å². The van der Waals surface area contributed by atoms with Crippen molar-refractivity contribution in [1.82, 2.24) is 0 Å². The quantitative estimate of drug-likeness (QED) is 0.805. The Morgan fingerprint density at radius 2 is 1.68 bits per heavy atom. The van der Waals surface area contributed by atoms with Crippen LogP contribution in [0.2, 0.25) is 5.02 Å². The van der Waals surface area contributed by atoms with E-state index >= 15 is 0 Å². The Bertz CT molecular complexity index is 591. The van der Waals surface area contributed by atoms with Gasteiger partial charge in [0.15, 0.2) is 0 Å². The van der Waals surface area contributed by atoms with Crippen LogP contribution in [0.3, 0.4) is 0 Å². The summed E-state index contributed by atoms with van der Waals surface area (Å²) in [7, 11) is 0. The lowest BCUT2D eigenvalue weighted by molar-refractivity contribution is -0.111. The molecule has 0 aliphatic rings. The van der Waals surface area contributed by atoms with Crippen molar-refractivity contribution >= 4 is 45.2 Å². The highest BCUT2D eigenvalue weighted by Gasteiger charge is 1.97. The maximum Gasteiger partial charge on any atom is 0.248 e. The van der Waals surface area contributed by atoms with Crippen LogP contribution in [-0.4, -0.2) is 5.91 Å². The zero-order valence-corrected chi connectivity index (χ0v) is 12.3. The molecule has 96 valence electrons. The number of nitrogens with one attached hydrogen (secondary N) is 1. The van der Waals surface area contributed by atoms with Gasteiger partial charge in [-0.2, -0.15) is 0 Å². The number of carbonyl (C=O) groups excluding carboxylic acids is 1. The first-order valence-electron chi connectivity index (χ1n) is 5.64. The molecule has 2 rings (SSSR count). The molecule has 0 atom stereocenters. The van der Waals surface area contributed by atoms with Crippen molar-refractivity contribution in [2.24, 2.45) is 0 Å². The zero-order chi connectivity index (χ0) is 13.7. The van der Waals surface area contributed by atoms with Crippen molar-refractivity contribution in [3.8, 4) is 0 Å². The second-order valence-electron chi connectivity index (χ2n) is 3.88. The standard InChI is InChI=1S/C15H11BrClNO/c16-12-4-8-14(9-5-12)18-15(19)10-3-11-1-6-13(17)7-2-11/h1-10H,(H,18,19). The molecule has 0 aliphatic heterocycles. The van der Waals surface area contributed by atoms with Crippen molar-refractivity contribution in [2.45, 2.75) is 0 Å². The SMILES string of the molecule is O=C(C=Cc1ccc(Cl)cc1)Nc1ccc(Br)cc1. The second kappa shape index (κ2) is 6.55. The van der Waals surface area contributed by atoms with Crippen molar-refractivity contribution < 1.29 is 4.79 Å². The van der Waals surface area contributed by atoms with Gasteiger partial charge in [0.2, 0.25) is 5.91 Å². The number of hydrogen-bond acceptors (Lipinski definition) is 1. The summed E-state index contributed by atoms with van der Waals surface area (Å²) in [6.07, 6.45) is 3.23. The smallest absolute Gasteiger partial charge is 0.248 e. The summed E-state index contributed by atoms with van der Waals surface area (Å²) in [5.41, 5.74) is 1.68.